The summed E-state index contributed by atoms with van der Waals surface area (Å²) < 4.78 is 12.8. The predicted octanol–water partition coefficient (Wildman–Crippen LogP) is 6.55. The molecule has 4 aromatic rings. The monoisotopic (exact) mass is 595 g/mol. The summed E-state index contributed by atoms with van der Waals surface area (Å²) in [7, 11) is 3.31. The minimum Gasteiger partial charge on any atom is -0.497 e. The summed E-state index contributed by atoms with van der Waals surface area (Å²) >= 11 is 0. The molecule has 7 heteroatoms. The van der Waals surface area contributed by atoms with Crippen LogP contribution in [0.15, 0.2) is 97.2 Å². The highest BCUT2D eigenvalue weighted by molar-refractivity contribution is 5.96. The van der Waals surface area contributed by atoms with Crippen molar-refractivity contribution < 1.29 is 19.1 Å². The van der Waals surface area contributed by atoms with Crippen molar-refractivity contribution >= 4 is 11.8 Å². The summed E-state index contributed by atoms with van der Waals surface area (Å²) in [4.78, 5) is 31.3. The molecule has 0 radical (unpaired) electrons. The van der Waals surface area contributed by atoms with Gasteiger partial charge in [-0.25, -0.2) is 0 Å². The minimum atomic E-state index is -0.157. The second-order valence-corrected chi connectivity index (χ2v) is 12.1. The number of ether oxygens (including phenoxy) is 2. The lowest BCUT2D eigenvalue weighted by atomic mass is 9.86. The highest BCUT2D eigenvalue weighted by Crippen LogP contribution is 2.23. The van der Waals surface area contributed by atoms with Crippen molar-refractivity contribution in [2.45, 2.75) is 52.2 Å². The topological polar surface area (TPSA) is 64.0 Å². The fourth-order valence-corrected chi connectivity index (χ4v) is 5.16. The highest BCUT2D eigenvalue weighted by atomic mass is 16.5. The van der Waals surface area contributed by atoms with Crippen LogP contribution in [0.4, 0.5) is 0 Å². The Morgan fingerprint density at radius 2 is 1.52 bits per heavy atom. The third kappa shape index (κ3) is 9.07. The van der Waals surface area contributed by atoms with Gasteiger partial charge in [-0.3, -0.25) is 9.59 Å². The number of methoxy groups -OCH3 is 2. The van der Waals surface area contributed by atoms with Gasteiger partial charge >= 0.3 is 0 Å². The first-order valence-corrected chi connectivity index (χ1v) is 15.2. The molecule has 44 heavy (non-hydrogen) atoms. The van der Waals surface area contributed by atoms with E-state index in [9.17, 15) is 9.59 Å². The molecule has 3 aromatic carbocycles. The van der Waals surface area contributed by atoms with Crippen molar-refractivity contribution in [1.29, 1.82) is 0 Å². The molecule has 0 spiro atoms. The molecule has 0 fully saturated rings. The fraction of sp³-hybridized carbons (Fsp3) is 0.351. The number of nitrogens with zero attached hydrogens (tertiary/aromatic N) is 3. The molecule has 4 rings (SSSR count). The molecule has 0 aliphatic rings. The van der Waals surface area contributed by atoms with Crippen LogP contribution in [0.1, 0.15) is 59.9 Å². The molecular formula is C37H45N3O4. The van der Waals surface area contributed by atoms with Crippen molar-refractivity contribution in [2.75, 3.05) is 33.9 Å². The normalized spacial score (nSPS) is 11.3. The average molecular weight is 596 g/mol. The van der Waals surface area contributed by atoms with Gasteiger partial charge in [0.05, 0.1) is 13.7 Å². The molecule has 0 bridgehead atoms. The van der Waals surface area contributed by atoms with E-state index in [0.29, 0.717) is 44.8 Å². The third-order valence-electron chi connectivity index (χ3n) is 7.72. The fourth-order valence-electron chi connectivity index (χ4n) is 5.16. The molecule has 0 aliphatic heterocycles. The second kappa shape index (κ2) is 15.4. The third-order valence-corrected chi connectivity index (χ3v) is 7.72. The van der Waals surface area contributed by atoms with E-state index in [-0.39, 0.29) is 23.8 Å². The molecule has 1 aromatic heterocycles. The molecule has 7 nitrogen and oxygen atoms in total. The number of amides is 2. The van der Waals surface area contributed by atoms with Crippen molar-refractivity contribution in [3.8, 4) is 5.75 Å². The van der Waals surface area contributed by atoms with Crippen LogP contribution in [-0.2, 0) is 34.6 Å². The number of carbonyl (C=O) groups excluding carboxylic acids is 2. The van der Waals surface area contributed by atoms with E-state index in [1.165, 1.54) is 0 Å². The summed E-state index contributed by atoms with van der Waals surface area (Å²) in [5.41, 5.74) is 4.86. The van der Waals surface area contributed by atoms with E-state index >= 15 is 0 Å². The number of hydrogen-bond acceptors (Lipinski definition) is 4. The lowest BCUT2D eigenvalue weighted by molar-refractivity contribution is -0.133. The molecule has 0 saturated heterocycles. The zero-order valence-electron chi connectivity index (χ0n) is 26.7. The van der Waals surface area contributed by atoms with Crippen LogP contribution >= 0.6 is 0 Å². The minimum absolute atomic E-state index is 0.0160. The summed E-state index contributed by atoms with van der Waals surface area (Å²) in [5, 5.41) is 0. The summed E-state index contributed by atoms with van der Waals surface area (Å²) in [6.45, 7) is 8.84. The summed E-state index contributed by atoms with van der Waals surface area (Å²) in [5.74, 6) is 0.541. The van der Waals surface area contributed by atoms with Gasteiger partial charge in [0.1, 0.15) is 12.3 Å². The van der Waals surface area contributed by atoms with E-state index in [2.05, 4.69) is 31.4 Å². The summed E-state index contributed by atoms with van der Waals surface area (Å²) in [6.07, 6.45) is 2.67. The quantitative estimate of drug-likeness (QED) is 0.155. The Morgan fingerprint density at radius 1 is 0.795 bits per heavy atom. The van der Waals surface area contributed by atoms with Crippen molar-refractivity contribution in [3.05, 3.63) is 125 Å². The largest absolute Gasteiger partial charge is 0.497 e. The summed E-state index contributed by atoms with van der Waals surface area (Å²) in [6, 6.07) is 29.7. The van der Waals surface area contributed by atoms with Crippen LogP contribution in [0.25, 0.3) is 0 Å². The van der Waals surface area contributed by atoms with E-state index in [0.717, 1.165) is 28.1 Å². The van der Waals surface area contributed by atoms with Gasteiger partial charge < -0.3 is 23.8 Å². The molecule has 232 valence electrons. The van der Waals surface area contributed by atoms with Crippen LogP contribution in [0.2, 0.25) is 0 Å². The van der Waals surface area contributed by atoms with Crippen LogP contribution < -0.4 is 4.74 Å². The van der Waals surface area contributed by atoms with Gasteiger partial charge in [0, 0.05) is 50.8 Å². The van der Waals surface area contributed by atoms with Gasteiger partial charge in [0.25, 0.3) is 5.91 Å². The van der Waals surface area contributed by atoms with Gasteiger partial charge in [-0.1, -0.05) is 75.4 Å². The number of hydrogen-bond donors (Lipinski definition) is 0. The standard InChI is InChI=1S/C37H45N3O4/c1-37(2,3)32-19-17-31(18-20-32)36(42)39(22-11-23-43-4)28-35(41)40(25-29-12-7-6-8-13-29)27-33-15-10-21-38(33)26-30-14-9-16-34(24-30)44-5/h6-10,12-21,24H,11,22-23,25-28H2,1-5H3. The molecule has 0 atom stereocenters. The maximum absolute atomic E-state index is 14.1. The maximum Gasteiger partial charge on any atom is 0.254 e. The number of carbonyl (C=O) groups is 2. The first kappa shape index (κ1) is 32.6. The molecular weight excluding hydrogens is 550 g/mol. The van der Waals surface area contributed by atoms with Gasteiger partial charge in [-0.15, -0.1) is 0 Å². The van der Waals surface area contributed by atoms with Gasteiger partial charge in [0.15, 0.2) is 0 Å². The lowest BCUT2D eigenvalue weighted by Crippen LogP contribution is -2.43. The first-order chi connectivity index (χ1) is 21.2. The Labute approximate surface area is 262 Å². The Kier molecular flexibility index (Phi) is 11.4. The Hall–Kier alpha value is -4.36. The smallest absolute Gasteiger partial charge is 0.254 e. The number of benzene rings is 3. The van der Waals surface area contributed by atoms with Gasteiger partial charge in [-0.2, -0.15) is 0 Å². The number of aromatic nitrogens is 1. The number of rotatable bonds is 14. The molecule has 0 N–H and O–H groups in total. The van der Waals surface area contributed by atoms with Gasteiger partial charge in [-0.05, 0) is 64.9 Å². The zero-order chi connectivity index (χ0) is 31.5. The van der Waals surface area contributed by atoms with Crippen LogP contribution in [0.3, 0.4) is 0 Å². The second-order valence-electron chi connectivity index (χ2n) is 12.1. The van der Waals surface area contributed by atoms with E-state index < -0.39 is 0 Å². The SMILES string of the molecule is COCCCN(CC(=O)N(Cc1ccccc1)Cc1cccn1Cc1cccc(OC)c1)C(=O)c1ccc(C(C)(C)C)cc1. The molecule has 0 unspecified atom stereocenters. The zero-order valence-corrected chi connectivity index (χ0v) is 26.7. The Bertz CT molecular complexity index is 1490. The Balaban J connectivity index is 1.57. The molecule has 1 heterocycles. The van der Waals surface area contributed by atoms with Crippen LogP contribution in [-0.4, -0.2) is 60.1 Å². The van der Waals surface area contributed by atoms with Gasteiger partial charge in [0.2, 0.25) is 5.91 Å². The van der Waals surface area contributed by atoms with E-state index in [1.807, 2.05) is 96.0 Å². The lowest BCUT2D eigenvalue weighted by Gasteiger charge is -2.28. The molecule has 0 saturated carbocycles. The Morgan fingerprint density at radius 3 is 2.20 bits per heavy atom. The molecule has 0 aliphatic carbocycles. The molecule has 2 amide bonds. The van der Waals surface area contributed by atoms with Crippen LogP contribution in [0, 0.1) is 0 Å². The van der Waals surface area contributed by atoms with Crippen molar-refractivity contribution in [2.24, 2.45) is 0 Å². The van der Waals surface area contributed by atoms with Crippen molar-refractivity contribution in [1.82, 2.24) is 14.4 Å². The van der Waals surface area contributed by atoms with E-state index in [4.69, 9.17) is 9.47 Å². The van der Waals surface area contributed by atoms with Crippen molar-refractivity contribution in [3.63, 3.8) is 0 Å². The first-order valence-electron chi connectivity index (χ1n) is 15.2. The predicted molar refractivity (Wildman–Crippen MR) is 175 cm³/mol. The van der Waals surface area contributed by atoms with E-state index in [1.54, 1.807) is 19.1 Å². The highest BCUT2D eigenvalue weighted by Gasteiger charge is 2.24. The maximum atomic E-state index is 14.1. The average Bonchev–Trinajstić information content (AvgIpc) is 3.46. The van der Waals surface area contributed by atoms with Crippen LogP contribution in [0.5, 0.6) is 5.75 Å².